The molecule has 2 aromatic rings. The smallest absolute Gasteiger partial charge is 0.279 e. The molecule has 0 saturated heterocycles. The van der Waals surface area contributed by atoms with Gasteiger partial charge in [-0.15, -0.1) is 11.3 Å². The Morgan fingerprint density at radius 1 is 1.22 bits per heavy atom. The molecule has 1 unspecified atom stereocenters. The van der Waals surface area contributed by atoms with Crippen LogP contribution in [0.15, 0.2) is 46.7 Å². The first-order valence-electron chi connectivity index (χ1n) is 7.35. The Kier molecular flexibility index (Phi) is 5.92. The molecular weight excluding hydrogens is 332 g/mol. The van der Waals surface area contributed by atoms with Crippen LogP contribution in [0, 0.1) is 0 Å². The van der Waals surface area contributed by atoms with E-state index in [0.717, 1.165) is 24.2 Å². The number of quaternary nitrogens is 1. The maximum Gasteiger partial charge on any atom is 0.279 e. The Morgan fingerprint density at radius 3 is 2.57 bits per heavy atom. The van der Waals surface area contributed by atoms with Crippen molar-refractivity contribution in [3.05, 3.63) is 46.7 Å². The number of anilines is 1. The van der Waals surface area contributed by atoms with E-state index in [1.807, 2.05) is 18.4 Å². The van der Waals surface area contributed by atoms with Gasteiger partial charge < -0.3 is 10.2 Å². The highest BCUT2D eigenvalue weighted by Crippen LogP contribution is 2.20. The fourth-order valence-corrected chi connectivity index (χ4v) is 3.91. The Balaban J connectivity index is 2.04. The van der Waals surface area contributed by atoms with Gasteiger partial charge in [-0.1, -0.05) is 18.2 Å². The summed E-state index contributed by atoms with van der Waals surface area (Å²) < 4.78 is 23.5. The molecule has 1 atom stereocenters. The van der Waals surface area contributed by atoms with Gasteiger partial charge in [0.15, 0.2) is 16.4 Å². The third-order valence-corrected chi connectivity index (χ3v) is 5.51. The number of carbonyl (C=O) groups is 1. The van der Waals surface area contributed by atoms with Gasteiger partial charge in [0.05, 0.1) is 22.0 Å². The highest BCUT2D eigenvalue weighted by Gasteiger charge is 2.18. The predicted molar refractivity (Wildman–Crippen MR) is 92.6 cm³/mol. The molecule has 0 bridgehead atoms. The van der Waals surface area contributed by atoms with E-state index in [1.54, 1.807) is 29.5 Å². The molecule has 1 aromatic heterocycles. The highest BCUT2D eigenvalue weighted by molar-refractivity contribution is 7.90. The van der Waals surface area contributed by atoms with Gasteiger partial charge >= 0.3 is 0 Å². The number of hydrogen-bond acceptors (Lipinski definition) is 4. The molecule has 0 radical (unpaired) electrons. The minimum atomic E-state index is -3.37. The lowest BCUT2D eigenvalue weighted by Crippen LogP contribution is -3.11. The fraction of sp³-hybridized carbons (Fsp3) is 0.312. The summed E-state index contributed by atoms with van der Waals surface area (Å²) in [5.74, 6) is -0.186. The molecule has 0 fully saturated rings. The van der Waals surface area contributed by atoms with Gasteiger partial charge in [-0.25, -0.2) is 8.42 Å². The Bertz CT molecular complexity index is 755. The van der Waals surface area contributed by atoms with Gasteiger partial charge in [0.25, 0.3) is 5.91 Å². The first kappa shape index (κ1) is 17.7. The standard InChI is InChI=1S/C16H20N2O3S2/c1-3-18(11-13-7-6-10-22-13)12-16(19)17-14-8-4-5-9-15(14)23(2,20)21/h4-10H,3,11-12H2,1-2H3,(H,17,19)/p+1. The SMILES string of the molecule is CC[NH+](CC(=O)Nc1ccccc1S(C)(=O)=O)Cc1cccs1. The zero-order chi connectivity index (χ0) is 16.9. The number of rotatable bonds is 7. The molecule has 0 spiro atoms. The first-order valence-corrected chi connectivity index (χ1v) is 10.1. The maximum absolute atomic E-state index is 12.3. The van der Waals surface area contributed by atoms with Crippen molar-refractivity contribution >= 4 is 32.8 Å². The van der Waals surface area contributed by atoms with E-state index in [4.69, 9.17) is 0 Å². The van der Waals surface area contributed by atoms with Crippen molar-refractivity contribution in [2.75, 3.05) is 24.7 Å². The Morgan fingerprint density at radius 2 is 1.96 bits per heavy atom. The summed E-state index contributed by atoms with van der Waals surface area (Å²) in [6, 6.07) is 10.5. The van der Waals surface area contributed by atoms with Gasteiger partial charge in [-0.3, -0.25) is 4.79 Å². The van der Waals surface area contributed by atoms with E-state index in [0.29, 0.717) is 12.2 Å². The van der Waals surface area contributed by atoms with E-state index in [2.05, 4.69) is 11.4 Å². The van der Waals surface area contributed by atoms with Crippen LogP contribution < -0.4 is 10.2 Å². The molecule has 0 aliphatic carbocycles. The second kappa shape index (κ2) is 7.72. The van der Waals surface area contributed by atoms with E-state index in [9.17, 15) is 13.2 Å². The molecule has 2 rings (SSSR count). The molecule has 2 N–H and O–H groups in total. The summed E-state index contributed by atoms with van der Waals surface area (Å²) in [5.41, 5.74) is 0.339. The van der Waals surface area contributed by atoms with Crippen LogP contribution in [-0.4, -0.2) is 33.7 Å². The fourth-order valence-electron chi connectivity index (χ4n) is 2.29. The maximum atomic E-state index is 12.3. The van der Waals surface area contributed by atoms with Gasteiger partial charge in [0, 0.05) is 6.26 Å². The van der Waals surface area contributed by atoms with Gasteiger partial charge in [-0.2, -0.15) is 0 Å². The van der Waals surface area contributed by atoms with Crippen molar-refractivity contribution in [1.82, 2.24) is 0 Å². The monoisotopic (exact) mass is 353 g/mol. The number of likely N-dealkylation sites (N-methyl/N-ethyl adjacent to an activating group) is 1. The summed E-state index contributed by atoms with van der Waals surface area (Å²) in [6.07, 6.45) is 1.14. The van der Waals surface area contributed by atoms with Gasteiger partial charge in [0.1, 0.15) is 6.54 Å². The van der Waals surface area contributed by atoms with Crippen LogP contribution in [0.1, 0.15) is 11.8 Å². The van der Waals surface area contributed by atoms with Crippen molar-refractivity contribution in [3.8, 4) is 0 Å². The lowest BCUT2D eigenvalue weighted by atomic mass is 10.3. The molecule has 7 heteroatoms. The van der Waals surface area contributed by atoms with Crippen LogP contribution in [0.3, 0.4) is 0 Å². The first-order chi connectivity index (χ1) is 10.9. The third-order valence-electron chi connectivity index (χ3n) is 3.48. The molecular formula is C16H21N2O3S2+. The quantitative estimate of drug-likeness (QED) is 0.786. The Labute approximate surface area is 140 Å². The second-order valence-electron chi connectivity index (χ2n) is 5.35. The summed E-state index contributed by atoms with van der Waals surface area (Å²) in [4.78, 5) is 14.8. The van der Waals surface area contributed by atoms with Crippen LogP contribution in [0.4, 0.5) is 5.69 Å². The molecule has 23 heavy (non-hydrogen) atoms. The predicted octanol–water partition coefficient (Wildman–Crippen LogP) is 1.20. The van der Waals surface area contributed by atoms with Crippen molar-refractivity contribution in [2.45, 2.75) is 18.4 Å². The van der Waals surface area contributed by atoms with E-state index >= 15 is 0 Å². The number of thiophene rings is 1. The molecule has 5 nitrogen and oxygen atoms in total. The topological polar surface area (TPSA) is 67.7 Å². The lowest BCUT2D eigenvalue weighted by molar-refractivity contribution is -0.903. The van der Waals surface area contributed by atoms with Crippen LogP contribution in [0.5, 0.6) is 0 Å². The second-order valence-corrected chi connectivity index (χ2v) is 8.37. The minimum Gasteiger partial charge on any atom is -0.323 e. The van der Waals surface area contributed by atoms with Crippen molar-refractivity contribution in [2.24, 2.45) is 0 Å². The zero-order valence-corrected chi connectivity index (χ0v) is 14.8. The van der Waals surface area contributed by atoms with Crippen LogP contribution in [0.25, 0.3) is 0 Å². The average molecular weight is 353 g/mol. The minimum absolute atomic E-state index is 0.143. The van der Waals surface area contributed by atoms with Gasteiger partial charge in [0.2, 0.25) is 0 Å². The third kappa shape index (κ3) is 5.16. The highest BCUT2D eigenvalue weighted by atomic mass is 32.2. The largest absolute Gasteiger partial charge is 0.323 e. The summed E-state index contributed by atoms with van der Waals surface area (Å²) in [6.45, 7) is 3.93. The van der Waals surface area contributed by atoms with E-state index in [-0.39, 0.29) is 10.8 Å². The molecule has 124 valence electrons. The number of sulfone groups is 1. The molecule has 0 aliphatic rings. The number of benzene rings is 1. The normalized spacial score (nSPS) is 12.8. The summed E-state index contributed by atoms with van der Waals surface area (Å²) in [5, 5.41) is 4.74. The number of hydrogen-bond donors (Lipinski definition) is 2. The number of carbonyl (C=O) groups excluding carboxylic acids is 1. The number of nitrogens with one attached hydrogen (secondary N) is 2. The molecule has 0 saturated carbocycles. The molecule has 1 amide bonds. The summed E-state index contributed by atoms with van der Waals surface area (Å²) in [7, 11) is -3.37. The molecule has 1 heterocycles. The van der Waals surface area contributed by atoms with E-state index < -0.39 is 9.84 Å². The van der Waals surface area contributed by atoms with Gasteiger partial charge in [-0.05, 0) is 30.5 Å². The zero-order valence-electron chi connectivity index (χ0n) is 13.2. The van der Waals surface area contributed by atoms with Crippen LogP contribution in [0.2, 0.25) is 0 Å². The number of para-hydroxylation sites is 1. The van der Waals surface area contributed by atoms with Crippen LogP contribution in [-0.2, 0) is 21.2 Å². The molecule has 0 aliphatic heterocycles. The van der Waals surface area contributed by atoms with Crippen LogP contribution >= 0.6 is 11.3 Å². The van der Waals surface area contributed by atoms with E-state index in [1.165, 1.54) is 10.9 Å². The van der Waals surface area contributed by atoms with Crippen molar-refractivity contribution in [1.29, 1.82) is 0 Å². The van der Waals surface area contributed by atoms with Crippen molar-refractivity contribution < 1.29 is 18.1 Å². The molecule has 1 aromatic carbocycles. The summed E-state index contributed by atoms with van der Waals surface area (Å²) >= 11 is 1.67. The lowest BCUT2D eigenvalue weighted by Gasteiger charge is -2.17. The Hall–Kier alpha value is -1.70. The number of amides is 1. The average Bonchev–Trinajstić information content (AvgIpc) is 2.99. The van der Waals surface area contributed by atoms with Crippen molar-refractivity contribution in [3.63, 3.8) is 0 Å².